The Balaban J connectivity index is 2.03. The first kappa shape index (κ1) is 18.2. The van der Waals surface area contributed by atoms with Crippen LogP contribution >= 0.6 is 0 Å². The average Bonchev–Trinajstić information content (AvgIpc) is 2.56. The predicted octanol–water partition coefficient (Wildman–Crippen LogP) is 4.21. The van der Waals surface area contributed by atoms with Gasteiger partial charge in [0.2, 0.25) is 5.95 Å². The lowest BCUT2D eigenvalue weighted by Gasteiger charge is -2.22. The molecular formula is C19H27FN4. The molecule has 5 heteroatoms. The van der Waals surface area contributed by atoms with Crippen LogP contribution in [-0.4, -0.2) is 29.6 Å². The van der Waals surface area contributed by atoms with Gasteiger partial charge in [-0.1, -0.05) is 32.0 Å². The van der Waals surface area contributed by atoms with Crippen LogP contribution in [0, 0.1) is 12.7 Å². The lowest BCUT2D eigenvalue weighted by Crippen LogP contribution is -2.27. The van der Waals surface area contributed by atoms with Gasteiger partial charge in [0.25, 0.3) is 0 Å². The summed E-state index contributed by atoms with van der Waals surface area (Å²) in [6.07, 6.45) is 2.75. The Kier molecular flexibility index (Phi) is 6.97. The number of benzene rings is 1. The fourth-order valence-electron chi connectivity index (χ4n) is 2.66. The van der Waals surface area contributed by atoms with Crippen LogP contribution in [0.1, 0.15) is 37.9 Å². The van der Waals surface area contributed by atoms with Crippen molar-refractivity contribution in [1.82, 2.24) is 9.97 Å². The third kappa shape index (κ3) is 5.18. The topological polar surface area (TPSA) is 41.1 Å². The van der Waals surface area contributed by atoms with Crippen molar-refractivity contribution in [1.29, 1.82) is 0 Å². The van der Waals surface area contributed by atoms with Crippen molar-refractivity contribution in [3.8, 4) is 0 Å². The molecule has 0 spiro atoms. The summed E-state index contributed by atoms with van der Waals surface area (Å²) in [6.45, 7) is 8.83. The van der Waals surface area contributed by atoms with Crippen molar-refractivity contribution in [2.75, 3.05) is 29.9 Å². The molecule has 0 bridgehead atoms. The zero-order chi connectivity index (χ0) is 17.4. The van der Waals surface area contributed by atoms with E-state index >= 15 is 0 Å². The molecule has 0 radical (unpaired) electrons. The first-order chi connectivity index (χ1) is 11.6. The average molecular weight is 330 g/mol. The summed E-state index contributed by atoms with van der Waals surface area (Å²) in [5.41, 5.74) is 1.65. The minimum absolute atomic E-state index is 0.157. The molecule has 2 rings (SSSR count). The first-order valence-electron chi connectivity index (χ1n) is 8.72. The van der Waals surface area contributed by atoms with E-state index in [-0.39, 0.29) is 5.82 Å². The summed E-state index contributed by atoms with van der Waals surface area (Å²) in [7, 11) is 0. The van der Waals surface area contributed by atoms with E-state index in [1.807, 2.05) is 25.1 Å². The van der Waals surface area contributed by atoms with Crippen LogP contribution in [0.15, 0.2) is 30.3 Å². The van der Waals surface area contributed by atoms with Crippen LogP contribution in [0.2, 0.25) is 0 Å². The highest BCUT2D eigenvalue weighted by molar-refractivity contribution is 5.43. The van der Waals surface area contributed by atoms with Gasteiger partial charge in [-0.2, -0.15) is 4.98 Å². The second-order valence-electron chi connectivity index (χ2n) is 5.95. The lowest BCUT2D eigenvalue weighted by atomic mass is 10.1. The van der Waals surface area contributed by atoms with Crippen LogP contribution in [0.25, 0.3) is 0 Å². The molecule has 24 heavy (non-hydrogen) atoms. The van der Waals surface area contributed by atoms with E-state index < -0.39 is 0 Å². The molecule has 0 aliphatic rings. The van der Waals surface area contributed by atoms with Gasteiger partial charge in [0.05, 0.1) is 0 Å². The van der Waals surface area contributed by atoms with Crippen molar-refractivity contribution < 1.29 is 4.39 Å². The highest BCUT2D eigenvalue weighted by Crippen LogP contribution is 2.15. The van der Waals surface area contributed by atoms with E-state index in [0.717, 1.165) is 49.0 Å². The molecule has 0 fully saturated rings. The molecular weight excluding hydrogens is 303 g/mol. The first-order valence-corrected chi connectivity index (χ1v) is 8.72. The molecule has 0 aliphatic carbocycles. The Labute approximate surface area is 144 Å². The zero-order valence-electron chi connectivity index (χ0n) is 14.8. The minimum Gasteiger partial charge on any atom is -0.370 e. The Morgan fingerprint density at radius 3 is 2.46 bits per heavy atom. The minimum atomic E-state index is -0.157. The quantitative estimate of drug-likeness (QED) is 0.748. The van der Waals surface area contributed by atoms with E-state index in [1.165, 1.54) is 6.07 Å². The molecule has 0 atom stereocenters. The van der Waals surface area contributed by atoms with Gasteiger partial charge < -0.3 is 10.2 Å². The fraction of sp³-hybridized carbons (Fsp3) is 0.474. The Morgan fingerprint density at radius 2 is 1.79 bits per heavy atom. The summed E-state index contributed by atoms with van der Waals surface area (Å²) in [5, 5.41) is 3.30. The van der Waals surface area contributed by atoms with Crippen molar-refractivity contribution in [3.05, 3.63) is 47.4 Å². The second kappa shape index (κ2) is 9.21. The van der Waals surface area contributed by atoms with Crippen LogP contribution in [0.4, 0.5) is 16.2 Å². The van der Waals surface area contributed by atoms with Gasteiger partial charge in [-0.05, 0) is 37.8 Å². The van der Waals surface area contributed by atoms with Gasteiger partial charge in [0.1, 0.15) is 11.6 Å². The molecule has 1 aromatic heterocycles. The van der Waals surface area contributed by atoms with Gasteiger partial charge in [0.15, 0.2) is 0 Å². The Hall–Kier alpha value is -2.17. The number of rotatable bonds is 9. The number of nitrogens with one attached hydrogen (secondary N) is 1. The molecule has 4 nitrogen and oxygen atoms in total. The van der Waals surface area contributed by atoms with Crippen molar-refractivity contribution in [2.24, 2.45) is 0 Å². The van der Waals surface area contributed by atoms with Gasteiger partial charge in [0, 0.05) is 31.4 Å². The zero-order valence-corrected chi connectivity index (χ0v) is 14.8. The number of aromatic nitrogens is 2. The maximum absolute atomic E-state index is 13.7. The van der Waals surface area contributed by atoms with Crippen LogP contribution in [0.5, 0.6) is 0 Å². The molecule has 1 aromatic carbocycles. The highest BCUT2D eigenvalue weighted by Gasteiger charge is 2.10. The standard InChI is InChI=1S/C19H27FN4/c1-4-12-24(13-5-2)19-22-15(3)14-18(23-19)21-11-10-16-8-6-7-9-17(16)20/h6-9,14H,4-5,10-13H2,1-3H3,(H,21,22,23). The molecule has 0 aliphatic heterocycles. The summed E-state index contributed by atoms with van der Waals surface area (Å²) < 4.78 is 13.7. The molecule has 130 valence electrons. The SMILES string of the molecule is CCCN(CCC)c1nc(C)cc(NCCc2ccccc2F)n1. The summed E-state index contributed by atoms with van der Waals surface area (Å²) >= 11 is 0. The summed E-state index contributed by atoms with van der Waals surface area (Å²) in [5.74, 6) is 1.41. The number of anilines is 2. The second-order valence-corrected chi connectivity index (χ2v) is 5.95. The van der Waals surface area contributed by atoms with Crippen LogP contribution in [-0.2, 0) is 6.42 Å². The number of hydrogen-bond donors (Lipinski definition) is 1. The number of halogens is 1. The lowest BCUT2D eigenvalue weighted by molar-refractivity contribution is 0.610. The molecule has 0 unspecified atom stereocenters. The maximum atomic E-state index is 13.7. The van der Waals surface area contributed by atoms with Crippen LogP contribution < -0.4 is 10.2 Å². The number of nitrogens with zero attached hydrogens (tertiary/aromatic N) is 3. The van der Waals surface area contributed by atoms with E-state index in [9.17, 15) is 4.39 Å². The van der Waals surface area contributed by atoms with Gasteiger partial charge in [-0.25, -0.2) is 9.37 Å². The smallest absolute Gasteiger partial charge is 0.227 e. The predicted molar refractivity (Wildman–Crippen MR) is 98.2 cm³/mol. The van der Waals surface area contributed by atoms with E-state index in [0.29, 0.717) is 13.0 Å². The van der Waals surface area contributed by atoms with Gasteiger partial charge >= 0.3 is 0 Å². The van der Waals surface area contributed by atoms with Crippen LogP contribution in [0.3, 0.4) is 0 Å². The number of aryl methyl sites for hydroxylation is 1. The summed E-state index contributed by atoms with van der Waals surface area (Å²) in [4.78, 5) is 11.4. The number of hydrogen-bond acceptors (Lipinski definition) is 4. The third-order valence-corrected chi connectivity index (χ3v) is 3.77. The van der Waals surface area contributed by atoms with Gasteiger partial charge in [-0.3, -0.25) is 0 Å². The van der Waals surface area contributed by atoms with E-state index in [2.05, 4.69) is 34.0 Å². The summed E-state index contributed by atoms with van der Waals surface area (Å²) in [6, 6.07) is 8.82. The highest BCUT2D eigenvalue weighted by atomic mass is 19.1. The maximum Gasteiger partial charge on any atom is 0.227 e. The normalized spacial score (nSPS) is 10.7. The largest absolute Gasteiger partial charge is 0.370 e. The third-order valence-electron chi connectivity index (χ3n) is 3.77. The molecule has 0 saturated heterocycles. The Bertz CT molecular complexity index is 639. The van der Waals surface area contributed by atoms with Crippen molar-refractivity contribution >= 4 is 11.8 Å². The molecule has 2 aromatic rings. The van der Waals surface area contributed by atoms with Crippen molar-refractivity contribution in [3.63, 3.8) is 0 Å². The van der Waals surface area contributed by atoms with E-state index in [4.69, 9.17) is 0 Å². The molecule has 1 N–H and O–H groups in total. The van der Waals surface area contributed by atoms with E-state index in [1.54, 1.807) is 6.07 Å². The molecule has 0 amide bonds. The molecule has 1 heterocycles. The van der Waals surface area contributed by atoms with Crippen molar-refractivity contribution in [2.45, 2.75) is 40.0 Å². The Morgan fingerprint density at radius 1 is 1.08 bits per heavy atom. The fourth-order valence-corrected chi connectivity index (χ4v) is 2.66. The van der Waals surface area contributed by atoms with Gasteiger partial charge in [-0.15, -0.1) is 0 Å². The monoisotopic (exact) mass is 330 g/mol. The molecule has 0 saturated carbocycles.